The standard InChI is InChI=1S/C18H14F3O4P/c1-2-24-26(23)11-15(14-8-3-4-9-16(14)26)25-17(22)12-6-5-7-13(10-12)18(19,20)21/h3-11H,2H2,1H3. The molecule has 1 atom stereocenters. The van der Waals surface area contributed by atoms with E-state index in [2.05, 4.69) is 0 Å². The maximum absolute atomic E-state index is 12.9. The van der Waals surface area contributed by atoms with Crippen LogP contribution in [0.15, 0.2) is 54.3 Å². The quantitative estimate of drug-likeness (QED) is 0.562. The Balaban J connectivity index is 1.92. The van der Waals surface area contributed by atoms with E-state index in [1.807, 2.05) is 0 Å². The summed E-state index contributed by atoms with van der Waals surface area (Å²) in [6, 6.07) is 10.5. The number of rotatable bonds is 4. The van der Waals surface area contributed by atoms with Crippen LogP contribution in [0.1, 0.15) is 28.4 Å². The van der Waals surface area contributed by atoms with E-state index >= 15 is 0 Å². The molecule has 26 heavy (non-hydrogen) atoms. The molecule has 136 valence electrons. The van der Waals surface area contributed by atoms with Gasteiger partial charge in [0.05, 0.1) is 23.0 Å². The summed E-state index contributed by atoms with van der Waals surface area (Å²) in [7, 11) is -3.32. The van der Waals surface area contributed by atoms with Crippen LogP contribution >= 0.6 is 7.37 Å². The van der Waals surface area contributed by atoms with Crippen LogP contribution in [-0.4, -0.2) is 12.6 Å². The summed E-state index contributed by atoms with van der Waals surface area (Å²) in [6.45, 7) is 1.87. The molecular formula is C18H14F3O4P. The Morgan fingerprint density at radius 2 is 1.85 bits per heavy atom. The second-order valence-corrected chi connectivity index (χ2v) is 7.69. The van der Waals surface area contributed by atoms with Crippen LogP contribution in [-0.2, 0) is 20.0 Å². The molecule has 0 amide bonds. The van der Waals surface area contributed by atoms with Gasteiger partial charge in [-0.2, -0.15) is 13.2 Å². The van der Waals surface area contributed by atoms with Crippen LogP contribution in [0.5, 0.6) is 0 Å². The summed E-state index contributed by atoms with van der Waals surface area (Å²) in [5.74, 6) is 0.272. The number of hydrogen-bond donors (Lipinski definition) is 0. The minimum Gasteiger partial charge on any atom is -0.422 e. The average Bonchev–Trinajstić information content (AvgIpc) is 2.87. The van der Waals surface area contributed by atoms with E-state index in [1.165, 1.54) is 11.9 Å². The topological polar surface area (TPSA) is 52.6 Å². The van der Waals surface area contributed by atoms with Gasteiger partial charge < -0.3 is 9.26 Å². The molecule has 4 nitrogen and oxygen atoms in total. The van der Waals surface area contributed by atoms with Gasteiger partial charge in [0.1, 0.15) is 5.76 Å². The molecule has 3 rings (SSSR count). The van der Waals surface area contributed by atoms with Crippen LogP contribution in [0.2, 0.25) is 0 Å². The molecule has 0 N–H and O–H groups in total. The zero-order valence-corrected chi connectivity index (χ0v) is 14.5. The molecule has 0 spiro atoms. The second kappa shape index (κ2) is 6.74. The first-order chi connectivity index (χ1) is 12.2. The molecule has 1 unspecified atom stereocenters. The molecular weight excluding hydrogens is 368 g/mol. The predicted octanol–water partition coefficient (Wildman–Crippen LogP) is 4.81. The summed E-state index contributed by atoms with van der Waals surface area (Å²) < 4.78 is 61.9. The number of fused-ring (bicyclic) bond motifs is 1. The van der Waals surface area contributed by atoms with Crippen molar-refractivity contribution >= 4 is 24.4 Å². The fourth-order valence-electron chi connectivity index (χ4n) is 2.61. The molecule has 0 aromatic heterocycles. The summed E-state index contributed by atoms with van der Waals surface area (Å²) in [6.07, 6.45) is -4.57. The number of ether oxygens (including phenoxy) is 1. The lowest BCUT2D eigenvalue weighted by molar-refractivity contribution is -0.137. The summed E-state index contributed by atoms with van der Waals surface area (Å²) in [4.78, 5) is 12.3. The molecule has 0 saturated carbocycles. The first kappa shape index (κ1) is 18.4. The number of carbonyl (C=O) groups is 1. The van der Waals surface area contributed by atoms with E-state index in [-0.39, 0.29) is 17.9 Å². The number of hydrogen-bond acceptors (Lipinski definition) is 4. The molecule has 1 aliphatic rings. The van der Waals surface area contributed by atoms with E-state index in [9.17, 15) is 22.5 Å². The van der Waals surface area contributed by atoms with Crippen LogP contribution < -0.4 is 5.30 Å². The van der Waals surface area contributed by atoms with Crippen LogP contribution in [0.4, 0.5) is 13.2 Å². The molecule has 1 aliphatic heterocycles. The third kappa shape index (κ3) is 3.45. The van der Waals surface area contributed by atoms with Gasteiger partial charge in [-0.1, -0.05) is 24.3 Å². The van der Waals surface area contributed by atoms with Gasteiger partial charge in [-0.3, -0.25) is 4.57 Å². The molecule has 2 aromatic rings. The van der Waals surface area contributed by atoms with Crippen molar-refractivity contribution in [3.05, 3.63) is 71.0 Å². The van der Waals surface area contributed by atoms with Gasteiger partial charge in [-0.05, 0) is 31.2 Å². The van der Waals surface area contributed by atoms with Crippen LogP contribution in [0.3, 0.4) is 0 Å². The molecule has 0 bridgehead atoms. The van der Waals surface area contributed by atoms with Gasteiger partial charge in [0.2, 0.25) is 0 Å². The molecule has 2 aromatic carbocycles. The van der Waals surface area contributed by atoms with Gasteiger partial charge >= 0.3 is 12.1 Å². The van der Waals surface area contributed by atoms with Crippen molar-refractivity contribution in [1.82, 2.24) is 0 Å². The van der Waals surface area contributed by atoms with Crippen molar-refractivity contribution in [1.29, 1.82) is 0 Å². The number of alkyl halides is 3. The van der Waals surface area contributed by atoms with Gasteiger partial charge in [0.15, 0.2) is 0 Å². The minimum atomic E-state index is -4.57. The minimum absolute atomic E-state index is 0.0137. The highest BCUT2D eigenvalue weighted by Gasteiger charge is 2.36. The summed E-state index contributed by atoms with van der Waals surface area (Å²) in [5, 5.41) is 0.397. The Labute approximate surface area is 147 Å². The van der Waals surface area contributed by atoms with Crippen LogP contribution in [0, 0.1) is 0 Å². The van der Waals surface area contributed by atoms with Crippen molar-refractivity contribution in [3.8, 4) is 0 Å². The highest BCUT2D eigenvalue weighted by atomic mass is 31.2. The maximum atomic E-state index is 12.9. The van der Waals surface area contributed by atoms with Crippen molar-refractivity contribution in [2.45, 2.75) is 13.1 Å². The first-order valence-electron chi connectivity index (χ1n) is 7.71. The Morgan fingerprint density at radius 3 is 2.54 bits per heavy atom. The predicted molar refractivity (Wildman–Crippen MR) is 90.1 cm³/mol. The zero-order valence-electron chi connectivity index (χ0n) is 13.6. The highest BCUT2D eigenvalue weighted by molar-refractivity contribution is 7.71. The Morgan fingerprint density at radius 1 is 1.12 bits per heavy atom. The number of carbonyl (C=O) groups excluding carboxylic acids is 1. The third-order valence-corrected chi connectivity index (χ3v) is 6.02. The van der Waals surface area contributed by atoms with Crippen molar-refractivity contribution in [2.75, 3.05) is 6.61 Å². The zero-order chi connectivity index (χ0) is 18.9. The van der Waals surface area contributed by atoms with Gasteiger partial charge in [0.25, 0.3) is 7.37 Å². The summed E-state index contributed by atoms with van der Waals surface area (Å²) in [5.41, 5.74) is -0.784. The normalized spacial score (nSPS) is 19.0. The number of esters is 1. The van der Waals surface area contributed by atoms with Crippen molar-refractivity contribution in [2.24, 2.45) is 0 Å². The number of benzene rings is 2. The van der Waals surface area contributed by atoms with E-state index < -0.39 is 25.1 Å². The largest absolute Gasteiger partial charge is 0.422 e. The molecule has 1 heterocycles. The van der Waals surface area contributed by atoms with Crippen LogP contribution in [0.25, 0.3) is 5.76 Å². The van der Waals surface area contributed by atoms with Crippen molar-refractivity contribution < 1.29 is 31.8 Å². The van der Waals surface area contributed by atoms with Crippen molar-refractivity contribution in [3.63, 3.8) is 0 Å². The Hall–Kier alpha value is -2.37. The lowest BCUT2D eigenvalue weighted by atomic mass is 10.1. The average molecular weight is 382 g/mol. The van der Waals surface area contributed by atoms with Gasteiger partial charge in [0, 0.05) is 11.4 Å². The van der Waals surface area contributed by atoms with Gasteiger partial charge in [-0.15, -0.1) is 0 Å². The SMILES string of the molecule is CCOP1(=O)C=C(OC(=O)c2cccc(C(F)(F)F)c2)c2ccccc21. The second-order valence-electron chi connectivity index (χ2n) is 5.49. The first-order valence-corrected chi connectivity index (χ1v) is 9.40. The van der Waals surface area contributed by atoms with E-state index in [0.29, 0.717) is 16.9 Å². The summed E-state index contributed by atoms with van der Waals surface area (Å²) >= 11 is 0. The van der Waals surface area contributed by atoms with E-state index in [4.69, 9.17) is 9.26 Å². The smallest absolute Gasteiger partial charge is 0.416 e. The fourth-order valence-corrected chi connectivity index (χ4v) is 4.66. The third-order valence-electron chi connectivity index (χ3n) is 3.74. The Kier molecular flexibility index (Phi) is 4.78. The fraction of sp³-hybridized carbons (Fsp3) is 0.167. The molecule has 0 fully saturated rings. The molecule has 0 radical (unpaired) electrons. The lowest BCUT2D eigenvalue weighted by Crippen LogP contribution is -2.10. The molecule has 0 aliphatic carbocycles. The highest BCUT2D eigenvalue weighted by Crippen LogP contribution is 2.55. The monoisotopic (exact) mass is 382 g/mol. The molecule has 0 saturated heterocycles. The van der Waals surface area contributed by atoms with E-state index in [1.54, 1.807) is 31.2 Å². The molecule has 8 heteroatoms. The Bertz CT molecular complexity index is 934. The maximum Gasteiger partial charge on any atom is 0.416 e. The van der Waals surface area contributed by atoms with Gasteiger partial charge in [-0.25, -0.2) is 4.79 Å². The number of halogens is 3. The van der Waals surface area contributed by atoms with E-state index in [0.717, 1.165) is 12.1 Å². The lowest BCUT2D eigenvalue weighted by Gasteiger charge is -2.10.